The summed E-state index contributed by atoms with van der Waals surface area (Å²) in [5.41, 5.74) is 2.94. The van der Waals surface area contributed by atoms with Crippen LogP contribution < -0.4 is 5.32 Å². The molecule has 1 unspecified atom stereocenters. The molecule has 3 nitrogen and oxygen atoms in total. The number of hydrogen-bond acceptors (Lipinski definition) is 2. The minimum absolute atomic E-state index is 0.596. The van der Waals surface area contributed by atoms with Crippen molar-refractivity contribution in [1.29, 1.82) is 0 Å². The van der Waals surface area contributed by atoms with Gasteiger partial charge in [0, 0.05) is 0 Å². The normalized spacial score (nSPS) is 12.4. The van der Waals surface area contributed by atoms with Crippen molar-refractivity contribution in [3.63, 3.8) is 0 Å². The van der Waals surface area contributed by atoms with Crippen LogP contribution in [0.5, 0.6) is 0 Å². The number of aliphatic carboxylic acids is 1. The van der Waals surface area contributed by atoms with Crippen LogP contribution in [0.25, 0.3) is 0 Å². The monoisotopic (exact) mass is 221 g/mol. The highest BCUT2D eigenvalue weighted by molar-refractivity contribution is 5.76. The fraction of sp³-hybridized carbons (Fsp3) is 0.462. The first kappa shape index (κ1) is 12.7. The molecule has 0 bridgehead atoms. The fourth-order valence-corrected chi connectivity index (χ4v) is 1.88. The third-order valence-electron chi connectivity index (χ3n) is 2.68. The first-order valence-electron chi connectivity index (χ1n) is 5.60. The zero-order valence-corrected chi connectivity index (χ0v) is 10.1. The zero-order chi connectivity index (χ0) is 12.1. The smallest absolute Gasteiger partial charge is 0.325 e. The Labute approximate surface area is 96.5 Å². The Hall–Kier alpha value is -1.35. The maximum Gasteiger partial charge on any atom is 0.325 e. The van der Waals surface area contributed by atoms with Gasteiger partial charge in [-0.3, -0.25) is 4.79 Å². The molecule has 0 aliphatic rings. The number of carboxylic acid groups (broad SMARTS) is 1. The highest BCUT2D eigenvalue weighted by Gasteiger charge is 2.21. The number of carbonyl (C=O) groups is 1. The highest BCUT2D eigenvalue weighted by Crippen LogP contribution is 2.22. The molecule has 0 radical (unpaired) electrons. The Morgan fingerprint density at radius 1 is 1.38 bits per heavy atom. The Morgan fingerprint density at radius 3 is 2.38 bits per heavy atom. The molecule has 16 heavy (non-hydrogen) atoms. The maximum atomic E-state index is 11.2. The molecule has 0 saturated carbocycles. The van der Waals surface area contributed by atoms with Crippen molar-refractivity contribution in [1.82, 2.24) is 5.32 Å². The van der Waals surface area contributed by atoms with Gasteiger partial charge < -0.3 is 10.4 Å². The van der Waals surface area contributed by atoms with Crippen LogP contribution in [0.2, 0.25) is 0 Å². The van der Waals surface area contributed by atoms with Gasteiger partial charge in [-0.1, -0.05) is 25.1 Å². The van der Waals surface area contributed by atoms with E-state index in [1.807, 2.05) is 39.0 Å². The zero-order valence-electron chi connectivity index (χ0n) is 10.1. The number of aryl methyl sites for hydroxylation is 2. The topological polar surface area (TPSA) is 49.3 Å². The molecule has 0 saturated heterocycles. The minimum atomic E-state index is -0.814. The number of rotatable bonds is 5. The summed E-state index contributed by atoms with van der Waals surface area (Å²) in [4.78, 5) is 11.2. The second-order valence-corrected chi connectivity index (χ2v) is 4.03. The Balaban J connectivity index is 3.05. The Bertz CT molecular complexity index is 354. The summed E-state index contributed by atoms with van der Waals surface area (Å²) in [5.74, 6) is -0.814. The van der Waals surface area contributed by atoms with Gasteiger partial charge in [0.05, 0.1) is 0 Å². The lowest BCUT2D eigenvalue weighted by Crippen LogP contribution is -2.30. The molecule has 1 atom stereocenters. The molecule has 1 aromatic carbocycles. The molecule has 0 aromatic heterocycles. The van der Waals surface area contributed by atoms with Crippen LogP contribution in [0, 0.1) is 13.8 Å². The van der Waals surface area contributed by atoms with Crippen molar-refractivity contribution >= 4 is 5.97 Å². The number of nitrogens with one attached hydrogen (secondary N) is 1. The summed E-state index contributed by atoms with van der Waals surface area (Å²) in [6, 6.07) is 5.26. The molecule has 0 aliphatic heterocycles. The molecule has 2 N–H and O–H groups in total. The summed E-state index contributed by atoms with van der Waals surface area (Å²) in [7, 11) is 0. The van der Waals surface area contributed by atoms with E-state index in [1.54, 1.807) is 0 Å². The summed E-state index contributed by atoms with van der Waals surface area (Å²) >= 11 is 0. The van der Waals surface area contributed by atoms with Gasteiger partial charge in [-0.2, -0.15) is 0 Å². The number of benzene rings is 1. The van der Waals surface area contributed by atoms with E-state index in [1.165, 1.54) is 0 Å². The van der Waals surface area contributed by atoms with Crippen molar-refractivity contribution < 1.29 is 9.90 Å². The number of carboxylic acids is 1. The SMILES string of the molecule is CCCNC(C(=O)O)c1c(C)cccc1C. The Kier molecular flexibility index (Phi) is 4.50. The second kappa shape index (κ2) is 5.66. The molecule has 88 valence electrons. The molecule has 0 aliphatic carbocycles. The van der Waals surface area contributed by atoms with Crippen molar-refractivity contribution in [3.8, 4) is 0 Å². The molecular weight excluding hydrogens is 202 g/mol. The summed E-state index contributed by atoms with van der Waals surface area (Å²) in [6.45, 7) is 6.64. The summed E-state index contributed by atoms with van der Waals surface area (Å²) in [5, 5.41) is 12.3. The van der Waals surface area contributed by atoms with E-state index in [0.29, 0.717) is 6.54 Å². The van der Waals surface area contributed by atoms with E-state index >= 15 is 0 Å². The summed E-state index contributed by atoms with van der Waals surface area (Å²) in [6.07, 6.45) is 0.925. The Morgan fingerprint density at radius 2 is 1.94 bits per heavy atom. The van der Waals surface area contributed by atoms with Gasteiger partial charge in [-0.15, -0.1) is 0 Å². The lowest BCUT2D eigenvalue weighted by atomic mass is 9.96. The van der Waals surface area contributed by atoms with Crippen LogP contribution in [0.4, 0.5) is 0 Å². The third-order valence-corrected chi connectivity index (χ3v) is 2.68. The van der Waals surface area contributed by atoms with Crippen LogP contribution in [0.1, 0.15) is 36.1 Å². The van der Waals surface area contributed by atoms with Gasteiger partial charge in [0.15, 0.2) is 0 Å². The minimum Gasteiger partial charge on any atom is -0.480 e. The van der Waals surface area contributed by atoms with Crippen LogP contribution in [0.3, 0.4) is 0 Å². The fourth-order valence-electron chi connectivity index (χ4n) is 1.88. The largest absolute Gasteiger partial charge is 0.480 e. The van der Waals surface area contributed by atoms with Gasteiger partial charge in [-0.05, 0) is 43.5 Å². The van der Waals surface area contributed by atoms with Crippen molar-refractivity contribution in [2.45, 2.75) is 33.2 Å². The predicted octanol–water partition coefficient (Wildman–Crippen LogP) is 2.43. The van der Waals surface area contributed by atoms with Crippen LogP contribution in [0.15, 0.2) is 18.2 Å². The molecular formula is C13H19NO2. The molecule has 1 rings (SSSR count). The molecule has 0 amide bonds. The van der Waals surface area contributed by atoms with Crippen LogP contribution in [-0.4, -0.2) is 17.6 Å². The van der Waals surface area contributed by atoms with Gasteiger partial charge >= 0.3 is 5.97 Å². The average molecular weight is 221 g/mol. The lowest BCUT2D eigenvalue weighted by Gasteiger charge is -2.18. The van der Waals surface area contributed by atoms with E-state index in [0.717, 1.165) is 23.1 Å². The lowest BCUT2D eigenvalue weighted by molar-refractivity contribution is -0.139. The summed E-state index contributed by atoms with van der Waals surface area (Å²) < 4.78 is 0. The molecule has 3 heteroatoms. The molecule has 0 spiro atoms. The van der Waals surface area contributed by atoms with E-state index < -0.39 is 12.0 Å². The van der Waals surface area contributed by atoms with E-state index in [4.69, 9.17) is 0 Å². The van der Waals surface area contributed by atoms with Gasteiger partial charge in [0.25, 0.3) is 0 Å². The second-order valence-electron chi connectivity index (χ2n) is 4.03. The van der Waals surface area contributed by atoms with Crippen molar-refractivity contribution in [3.05, 3.63) is 34.9 Å². The predicted molar refractivity (Wildman–Crippen MR) is 64.6 cm³/mol. The third kappa shape index (κ3) is 2.83. The van der Waals surface area contributed by atoms with Gasteiger partial charge in [0.2, 0.25) is 0 Å². The van der Waals surface area contributed by atoms with Crippen LogP contribution >= 0.6 is 0 Å². The standard InChI is InChI=1S/C13H19NO2/c1-4-8-14-12(13(15)16)11-9(2)6-5-7-10(11)3/h5-7,12,14H,4,8H2,1-3H3,(H,15,16). The van der Waals surface area contributed by atoms with E-state index in [9.17, 15) is 9.90 Å². The highest BCUT2D eigenvalue weighted by atomic mass is 16.4. The molecule has 0 fully saturated rings. The first-order valence-corrected chi connectivity index (χ1v) is 5.60. The van der Waals surface area contributed by atoms with Gasteiger partial charge in [-0.25, -0.2) is 0 Å². The average Bonchev–Trinajstić information content (AvgIpc) is 2.21. The van der Waals surface area contributed by atoms with E-state index in [2.05, 4.69) is 5.32 Å². The van der Waals surface area contributed by atoms with E-state index in [-0.39, 0.29) is 0 Å². The first-order chi connectivity index (χ1) is 7.57. The quantitative estimate of drug-likeness (QED) is 0.802. The van der Waals surface area contributed by atoms with Crippen molar-refractivity contribution in [2.24, 2.45) is 0 Å². The van der Waals surface area contributed by atoms with Crippen LogP contribution in [-0.2, 0) is 4.79 Å². The van der Waals surface area contributed by atoms with Crippen molar-refractivity contribution in [2.75, 3.05) is 6.54 Å². The molecule has 1 aromatic rings. The van der Waals surface area contributed by atoms with Gasteiger partial charge in [0.1, 0.15) is 6.04 Å². The number of hydrogen-bond donors (Lipinski definition) is 2. The maximum absolute atomic E-state index is 11.2. The molecule has 0 heterocycles.